The third-order valence-electron chi connectivity index (χ3n) is 2.56. The van der Waals surface area contributed by atoms with E-state index in [1.165, 1.54) is 6.20 Å². The Bertz CT molecular complexity index is 396. The Labute approximate surface area is 101 Å². The molecule has 2 atom stereocenters. The zero-order valence-corrected chi connectivity index (χ0v) is 9.57. The van der Waals surface area contributed by atoms with Crippen LogP contribution in [0.3, 0.4) is 0 Å². The minimum atomic E-state index is -4.75. The first-order chi connectivity index (χ1) is 8.44. The molecule has 2 unspecified atom stereocenters. The molecule has 1 aliphatic rings. The Kier molecular flexibility index (Phi) is 3.55. The number of rotatable bonds is 3. The van der Waals surface area contributed by atoms with Crippen LogP contribution in [0, 0.1) is 0 Å². The van der Waals surface area contributed by atoms with Crippen molar-refractivity contribution in [2.24, 2.45) is 0 Å². The molecule has 18 heavy (non-hydrogen) atoms. The quantitative estimate of drug-likeness (QED) is 0.903. The van der Waals surface area contributed by atoms with Crippen LogP contribution in [0.4, 0.5) is 19.0 Å². The average Bonchev–Trinajstić information content (AvgIpc) is 2.65. The summed E-state index contributed by atoms with van der Waals surface area (Å²) in [5.74, 6) is -0.185. The monoisotopic (exact) mass is 263 g/mol. The number of alkyl halides is 3. The summed E-state index contributed by atoms with van der Waals surface area (Å²) in [5.41, 5.74) is 0. The molecule has 0 saturated carbocycles. The lowest BCUT2D eigenvalue weighted by atomic mass is 10.1. The van der Waals surface area contributed by atoms with Crippen molar-refractivity contribution in [1.82, 2.24) is 9.97 Å². The standard InChI is InChI=1S/C10H12F3N3O2/c1-6-7(2-3-17-6)16-8-4-15-9(5-14-8)18-10(11,12)13/h4-7H,2-3H2,1H3,(H,14,16). The molecule has 1 saturated heterocycles. The van der Waals surface area contributed by atoms with E-state index in [4.69, 9.17) is 4.74 Å². The van der Waals surface area contributed by atoms with Gasteiger partial charge >= 0.3 is 6.36 Å². The normalized spacial score (nSPS) is 24.0. The van der Waals surface area contributed by atoms with Crippen molar-refractivity contribution < 1.29 is 22.6 Å². The van der Waals surface area contributed by atoms with Crippen molar-refractivity contribution in [2.75, 3.05) is 11.9 Å². The number of hydrogen-bond acceptors (Lipinski definition) is 5. The summed E-state index contributed by atoms with van der Waals surface area (Å²) in [6.07, 6.45) is -1.76. The minimum absolute atomic E-state index is 0.0397. The van der Waals surface area contributed by atoms with Gasteiger partial charge in [-0.3, -0.25) is 0 Å². The topological polar surface area (TPSA) is 56.3 Å². The summed E-state index contributed by atoms with van der Waals surface area (Å²) >= 11 is 0. The van der Waals surface area contributed by atoms with Crippen LogP contribution in [0.2, 0.25) is 0 Å². The Morgan fingerprint density at radius 2 is 2.17 bits per heavy atom. The Balaban J connectivity index is 1.95. The van der Waals surface area contributed by atoms with Gasteiger partial charge in [0.1, 0.15) is 5.82 Å². The van der Waals surface area contributed by atoms with Gasteiger partial charge in [-0.1, -0.05) is 0 Å². The van der Waals surface area contributed by atoms with Gasteiger partial charge in [0, 0.05) is 6.61 Å². The fourth-order valence-electron chi connectivity index (χ4n) is 1.67. The van der Waals surface area contributed by atoms with Crippen LogP contribution in [-0.2, 0) is 4.74 Å². The Morgan fingerprint density at radius 3 is 2.67 bits per heavy atom. The highest BCUT2D eigenvalue weighted by atomic mass is 19.4. The highest BCUT2D eigenvalue weighted by Gasteiger charge is 2.32. The molecule has 0 amide bonds. The molecule has 1 aromatic heterocycles. The van der Waals surface area contributed by atoms with Gasteiger partial charge in [-0.25, -0.2) is 9.97 Å². The molecule has 1 N–H and O–H groups in total. The molecule has 0 spiro atoms. The summed E-state index contributed by atoms with van der Waals surface area (Å²) in [6, 6.07) is 0.0914. The zero-order valence-electron chi connectivity index (χ0n) is 9.57. The van der Waals surface area contributed by atoms with Crippen LogP contribution in [-0.4, -0.2) is 35.1 Å². The molecule has 2 rings (SSSR count). The fraction of sp³-hybridized carbons (Fsp3) is 0.600. The predicted molar refractivity (Wildman–Crippen MR) is 56.2 cm³/mol. The van der Waals surface area contributed by atoms with Gasteiger partial charge in [0.25, 0.3) is 0 Å². The number of hydrogen-bond donors (Lipinski definition) is 1. The number of anilines is 1. The highest BCUT2D eigenvalue weighted by Crippen LogP contribution is 2.21. The van der Waals surface area contributed by atoms with Crippen LogP contribution in [0.15, 0.2) is 12.4 Å². The smallest absolute Gasteiger partial charge is 0.386 e. The fourth-order valence-corrected chi connectivity index (χ4v) is 1.67. The summed E-state index contributed by atoms with van der Waals surface area (Å²) < 4.78 is 44.7. The van der Waals surface area contributed by atoms with Crippen molar-refractivity contribution in [1.29, 1.82) is 0 Å². The van der Waals surface area contributed by atoms with E-state index in [9.17, 15) is 13.2 Å². The first kappa shape index (κ1) is 12.9. The lowest BCUT2D eigenvalue weighted by Crippen LogP contribution is -2.27. The highest BCUT2D eigenvalue weighted by molar-refractivity contribution is 5.34. The molecule has 0 aliphatic carbocycles. The maximum absolute atomic E-state index is 11.9. The number of nitrogens with zero attached hydrogens (tertiary/aromatic N) is 2. The molecular weight excluding hydrogens is 251 g/mol. The molecule has 0 aromatic carbocycles. The molecule has 5 nitrogen and oxygen atoms in total. The predicted octanol–water partition coefficient (Wildman–Crippen LogP) is 1.96. The van der Waals surface area contributed by atoms with Crippen LogP contribution in [0.1, 0.15) is 13.3 Å². The van der Waals surface area contributed by atoms with E-state index in [1.54, 1.807) is 0 Å². The van der Waals surface area contributed by atoms with Gasteiger partial charge in [0.15, 0.2) is 0 Å². The minimum Gasteiger partial charge on any atom is -0.386 e. The molecule has 1 aliphatic heterocycles. The van der Waals surface area contributed by atoms with Crippen molar-refractivity contribution >= 4 is 5.82 Å². The molecule has 2 heterocycles. The lowest BCUT2D eigenvalue weighted by molar-refractivity contribution is -0.276. The van der Waals surface area contributed by atoms with Crippen LogP contribution < -0.4 is 10.1 Å². The third-order valence-corrected chi connectivity index (χ3v) is 2.56. The van der Waals surface area contributed by atoms with Crippen LogP contribution in [0.25, 0.3) is 0 Å². The van der Waals surface area contributed by atoms with Crippen molar-refractivity contribution in [2.45, 2.75) is 31.9 Å². The van der Waals surface area contributed by atoms with Crippen LogP contribution in [0.5, 0.6) is 5.88 Å². The van der Waals surface area contributed by atoms with E-state index >= 15 is 0 Å². The summed E-state index contributed by atoms with van der Waals surface area (Å²) in [4.78, 5) is 7.33. The second kappa shape index (κ2) is 4.97. The lowest BCUT2D eigenvalue weighted by Gasteiger charge is -2.16. The first-order valence-corrected chi connectivity index (χ1v) is 5.40. The van der Waals surface area contributed by atoms with E-state index < -0.39 is 12.2 Å². The SMILES string of the molecule is CC1OCCC1Nc1cnc(OC(F)(F)F)cn1. The largest absolute Gasteiger partial charge is 0.574 e. The first-order valence-electron chi connectivity index (χ1n) is 5.40. The van der Waals surface area contributed by atoms with Gasteiger partial charge in [0.2, 0.25) is 5.88 Å². The van der Waals surface area contributed by atoms with Gasteiger partial charge in [-0.2, -0.15) is 0 Å². The third kappa shape index (κ3) is 3.46. The van der Waals surface area contributed by atoms with Gasteiger partial charge < -0.3 is 14.8 Å². The maximum atomic E-state index is 11.9. The van der Waals surface area contributed by atoms with Crippen molar-refractivity contribution in [3.63, 3.8) is 0 Å². The molecule has 0 radical (unpaired) electrons. The van der Waals surface area contributed by atoms with E-state index in [2.05, 4.69) is 20.0 Å². The Hall–Kier alpha value is -1.57. The van der Waals surface area contributed by atoms with E-state index in [0.29, 0.717) is 12.4 Å². The van der Waals surface area contributed by atoms with Crippen molar-refractivity contribution in [3.8, 4) is 5.88 Å². The molecule has 8 heteroatoms. The van der Waals surface area contributed by atoms with Crippen molar-refractivity contribution in [3.05, 3.63) is 12.4 Å². The maximum Gasteiger partial charge on any atom is 0.574 e. The van der Waals surface area contributed by atoms with Gasteiger partial charge in [-0.15, -0.1) is 13.2 Å². The van der Waals surface area contributed by atoms with E-state index in [0.717, 1.165) is 12.6 Å². The second-order valence-electron chi connectivity index (χ2n) is 3.90. The number of ether oxygens (including phenoxy) is 2. The number of halogens is 3. The van der Waals surface area contributed by atoms with Crippen LogP contribution >= 0.6 is 0 Å². The van der Waals surface area contributed by atoms with Gasteiger partial charge in [0.05, 0.1) is 24.5 Å². The summed E-state index contributed by atoms with van der Waals surface area (Å²) in [6.45, 7) is 2.57. The Morgan fingerprint density at radius 1 is 1.39 bits per heavy atom. The molecular formula is C10H12F3N3O2. The molecule has 1 fully saturated rings. The van der Waals surface area contributed by atoms with E-state index in [1.807, 2.05) is 6.92 Å². The molecule has 0 bridgehead atoms. The number of aromatic nitrogens is 2. The van der Waals surface area contributed by atoms with Gasteiger partial charge in [-0.05, 0) is 13.3 Å². The molecule has 1 aromatic rings. The number of nitrogens with one attached hydrogen (secondary N) is 1. The zero-order chi connectivity index (χ0) is 13.2. The summed E-state index contributed by atoms with van der Waals surface area (Å²) in [5, 5.41) is 3.05. The second-order valence-corrected chi connectivity index (χ2v) is 3.90. The molecule has 100 valence electrons. The van der Waals surface area contributed by atoms with E-state index in [-0.39, 0.29) is 12.1 Å². The average molecular weight is 263 g/mol. The summed E-state index contributed by atoms with van der Waals surface area (Å²) in [7, 11) is 0.